The van der Waals surface area contributed by atoms with Crippen molar-refractivity contribution in [1.82, 2.24) is 9.97 Å². The number of hydrogen-bond donors (Lipinski definition) is 2. The molecule has 1 aliphatic heterocycles. The smallest absolute Gasteiger partial charge is 0.452 e. The van der Waals surface area contributed by atoms with Crippen LogP contribution in [0.2, 0.25) is 0 Å². The summed E-state index contributed by atoms with van der Waals surface area (Å²) in [6, 6.07) is 11.0. The van der Waals surface area contributed by atoms with Crippen LogP contribution in [0.15, 0.2) is 42.5 Å². The van der Waals surface area contributed by atoms with E-state index in [1.807, 2.05) is 18.2 Å². The largest absolute Gasteiger partial charge is 0.573 e. The molecule has 2 N–H and O–H groups in total. The van der Waals surface area contributed by atoms with E-state index in [0.29, 0.717) is 11.5 Å². The fourth-order valence-electron chi connectivity index (χ4n) is 1.91. The van der Waals surface area contributed by atoms with Crippen molar-refractivity contribution in [3.05, 3.63) is 48.8 Å². The van der Waals surface area contributed by atoms with E-state index in [1.54, 1.807) is 0 Å². The zero-order valence-electron chi connectivity index (χ0n) is 11.1. The molecule has 0 fully saturated rings. The number of nitrogens with one attached hydrogen (secondary N) is 2. The molecule has 111 valence electrons. The van der Waals surface area contributed by atoms with Crippen LogP contribution in [0.5, 0.6) is 5.75 Å². The van der Waals surface area contributed by atoms with Crippen molar-refractivity contribution in [1.29, 1.82) is 0 Å². The molecule has 1 aromatic carbocycles. The topological polar surface area (TPSA) is 49.9 Å². The Kier molecular flexibility index (Phi) is 5.08. The second-order valence-electron chi connectivity index (χ2n) is 4.25. The molecule has 22 heavy (non-hydrogen) atoms. The standard InChI is InChI=1S/C14H9F3N3O.Y/c15-14(16,17)21-10-6-4-9(5-7-10)20-13-11-2-1-3-12(11)18-8-19-13;/h1-7,20H,(H,18,19);/q-1;. The number of H-pyrrole nitrogens is 1. The van der Waals surface area contributed by atoms with Gasteiger partial charge in [-0.3, -0.25) is 0 Å². The molecule has 1 radical (unpaired) electrons. The number of aromatic nitrogens is 2. The Hall–Kier alpha value is -1.60. The van der Waals surface area contributed by atoms with Gasteiger partial charge in [0.05, 0.1) is 0 Å². The van der Waals surface area contributed by atoms with Gasteiger partial charge in [0.25, 0.3) is 0 Å². The molecule has 2 aliphatic rings. The number of hydrogen-bond acceptors (Lipinski definition) is 3. The summed E-state index contributed by atoms with van der Waals surface area (Å²) < 4.78 is 40.0. The molecular formula is C14H9F3N3OY-. The molecule has 1 aliphatic carbocycles. The Bertz CT molecular complexity index is 712. The summed E-state index contributed by atoms with van der Waals surface area (Å²) in [5.41, 5.74) is 2.33. The molecule has 0 atom stereocenters. The Balaban J connectivity index is 0.00000176. The van der Waals surface area contributed by atoms with Crippen molar-refractivity contribution in [3.63, 3.8) is 0 Å². The second kappa shape index (κ2) is 6.66. The molecule has 0 unspecified atom stereocenters. The molecule has 3 rings (SSSR count). The molecule has 0 amide bonds. The summed E-state index contributed by atoms with van der Waals surface area (Å²) in [7, 11) is 0. The number of halogens is 3. The van der Waals surface area contributed by atoms with Gasteiger partial charge in [-0.2, -0.15) is 0 Å². The van der Waals surface area contributed by atoms with Crippen LogP contribution in [0, 0.1) is 6.33 Å². The van der Waals surface area contributed by atoms with Crippen molar-refractivity contribution < 1.29 is 50.6 Å². The number of benzene rings is 1. The molecule has 0 aromatic heterocycles. The third kappa shape index (κ3) is 3.98. The van der Waals surface area contributed by atoms with Gasteiger partial charge in [-0.1, -0.05) is 29.5 Å². The van der Waals surface area contributed by atoms with Crippen molar-refractivity contribution in [2.24, 2.45) is 0 Å². The van der Waals surface area contributed by atoms with Crippen LogP contribution in [-0.2, 0) is 32.7 Å². The van der Waals surface area contributed by atoms with Gasteiger partial charge in [-0.15, -0.1) is 13.2 Å². The van der Waals surface area contributed by atoms with Crippen LogP contribution in [0.4, 0.5) is 24.7 Å². The summed E-state index contributed by atoms with van der Waals surface area (Å²) in [5.74, 6) is 0.297. The van der Waals surface area contributed by atoms with E-state index in [0.717, 1.165) is 11.3 Å². The van der Waals surface area contributed by atoms with Crippen LogP contribution in [0.3, 0.4) is 0 Å². The predicted octanol–water partition coefficient (Wildman–Crippen LogP) is 3.95. The predicted molar refractivity (Wildman–Crippen MR) is 70.5 cm³/mol. The maximum Gasteiger partial charge on any atom is 0.573 e. The second-order valence-corrected chi connectivity index (χ2v) is 4.25. The van der Waals surface area contributed by atoms with Gasteiger partial charge in [0.2, 0.25) is 0 Å². The Morgan fingerprint density at radius 2 is 1.82 bits per heavy atom. The number of ether oxygens (including phenoxy) is 1. The summed E-state index contributed by atoms with van der Waals surface area (Å²) in [6.07, 6.45) is -2.05. The van der Waals surface area contributed by atoms with E-state index in [2.05, 4.69) is 26.3 Å². The first-order valence-corrected chi connectivity index (χ1v) is 5.99. The third-order valence-electron chi connectivity index (χ3n) is 2.78. The summed E-state index contributed by atoms with van der Waals surface area (Å²) in [5, 5.41) is 3.02. The summed E-state index contributed by atoms with van der Waals surface area (Å²) in [4.78, 5) is 6.92. The minimum absolute atomic E-state index is 0. The van der Waals surface area contributed by atoms with E-state index in [9.17, 15) is 13.2 Å². The van der Waals surface area contributed by atoms with E-state index in [4.69, 9.17) is 0 Å². The quantitative estimate of drug-likeness (QED) is 0.676. The van der Waals surface area contributed by atoms with E-state index < -0.39 is 6.36 Å². The summed E-state index contributed by atoms with van der Waals surface area (Å²) >= 11 is 0. The zero-order valence-corrected chi connectivity index (χ0v) is 13.9. The van der Waals surface area contributed by atoms with Gasteiger partial charge in [0.15, 0.2) is 0 Å². The zero-order chi connectivity index (χ0) is 14.9. The maximum atomic E-state index is 12.1. The molecule has 0 saturated carbocycles. The number of nitrogens with zero attached hydrogens (tertiary/aromatic N) is 1. The van der Waals surface area contributed by atoms with Crippen molar-refractivity contribution in [2.75, 3.05) is 5.32 Å². The van der Waals surface area contributed by atoms with Gasteiger partial charge in [0, 0.05) is 50.5 Å². The SMILES string of the molecule is FC(F)(F)Oc1ccc(Nc2n[c-][nH]c3cccc2-3)cc1.[Y]. The molecule has 0 bridgehead atoms. The minimum Gasteiger partial charge on any atom is -0.452 e. The maximum absolute atomic E-state index is 12.1. The van der Waals surface area contributed by atoms with Crippen molar-refractivity contribution in [2.45, 2.75) is 6.36 Å². The van der Waals surface area contributed by atoms with Crippen LogP contribution < -0.4 is 10.1 Å². The summed E-state index contributed by atoms with van der Waals surface area (Å²) in [6.45, 7) is 0. The molecule has 8 heteroatoms. The molecular weight excluding hydrogens is 372 g/mol. The minimum atomic E-state index is -4.69. The number of aromatic amines is 1. The monoisotopic (exact) mass is 381 g/mol. The van der Waals surface area contributed by atoms with Crippen LogP contribution in [-0.4, -0.2) is 16.3 Å². The van der Waals surface area contributed by atoms with Crippen molar-refractivity contribution in [3.8, 4) is 17.0 Å². The first kappa shape index (κ1) is 16.8. The first-order chi connectivity index (χ1) is 10.0. The van der Waals surface area contributed by atoms with E-state index >= 15 is 0 Å². The fourth-order valence-corrected chi connectivity index (χ4v) is 1.91. The molecule has 0 spiro atoms. The van der Waals surface area contributed by atoms with Gasteiger partial charge in [-0.05, 0) is 24.3 Å². The first-order valence-electron chi connectivity index (χ1n) is 5.99. The normalized spacial score (nSPS) is 11.0. The molecule has 0 saturated heterocycles. The van der Waals surface area contributed by atoms with Gasteiger partial charge < -0.3 is 20.0 Å². The van der Waals surface area contributed by atoms with Gasteiger partial charge in [0.1, 0.15) is 5.75 Å². The Morgan fingerprint density at radius 3 is 2.50 bits per heavy atom. The average molecular weight is 381 g/mol. The molecule has 1 aromatic rings. The Labute approximate surface area is 149 Å². The molecule has 4 nitrogen and oxygen atoms in total. The van der Waals surface area contributed by atoms with Crippen LogP contribution in [0.25, 0.3) is 11.3 Å². The van der Waals surface area contributed by atoms with E-state index in [1.165, 1.54) is 24.3 Å². The van der Waals surface area contributed by atoms with Crippen molar-refractivity contribution >= 4 is 11.5 Å². The third-order valence-corrected chi connectivity index (χ3v) is 2.78. The van der Waals surface area contributed by atoms with E-state index in [-0.39, 0.29) is 38.5 Å². The van der Waals surface area contributed by atoms with Gasteiger partial charge >= 0.3 is 6.36 Å². The number of anilines is 2. The number of fused-ring (bicyclic) bond motifs is 1. The van der Waals surface area contributed by atoms with Crippen LogP contribution >= 0.6 is 0 Å². The Morgan fingerprint density at radius 1 is 1.09 bits per heavy atom. The number of rotatable bonds is 3. The average Bonchev–Trinajstić information content (AvgIpc) is 2.89. The molecule has 1 heterocycles. The number of alkyl halides is 3. The van der Waals surface area contributed by atoms with Crippen LogP contribution in [0.1, 0.15) is 0 Å². The van der Waals surface area contributed by atoms with Gasteiger partial charge in [-0.25, -0.2) is 0 Å². The fraction of sp³-hybridized carbons (Fsp3) is 0.0714.